The summed E-state index contributed by atoms with van der Waals surface area (Å²) in [6.45, 7) is 19.4. The number of hydrogen-bond donors (Lipinski definition) is 6. The summed E-state index contributed by atoms with van der Waals surface area (Å²) in [5.41, 5.74) is 10.1. The van der Waals surface area contributed by atoms with E-state index in [-0.39, 0.29) is 104 Å². The highest BCUT2D eigenvalue weighted by Gasteiger charge is 2.40. The zero-order valence-electron chi connectivity index (χ0n) is 76.4. The fourth-order valence-corrected chi connectivity index (χ4v) is 18.0. The van der Waals surface area contributed by atoms with Gasteiger partial charge in [-0.1, -0.05) is 0 Å². The summed E-state index contributed by atoms with van der Waals surface area (Å²) in [5.74, 6) is 1.94. The Bertz CT molecular complexity index is 5860. The van der Waals surface area contributed by atoms with Crippen molar-refractivity contribution in [2.24, 2.45) is 0 Å². The lowest BCUT2D eigenvalue weighted by atomic mass is 10.0. The quantitative estimate of drug-likeness (QED) is 0.0274. The molecule has 0 spiro atoms. The molecule has 9 fully saturated rings. The van der Waals surface area contributed by atoms with E-state index in [1.54, 1.807) is 91.3 Å². The average Bonchev–Trinajstić information content (AvgIpc) is 0.831. The minimum atomic E-state index is -3.00. The molecule has 0 radical (unpaired) electrons. The summed E-state index contributed by atoms with van der Waals surface area (Å²) in [7, 11) is 0. The van der Waals surface area contributed by atoms with Crippen molar-refractivity contribution in [2.45, 2.75) is 121 Å². The molecule has 0 saturated carbocycles. The maximum atomic E-state index is 14.9. The van der Waals surface area contributed by atoms with Crippen LogP contribution in [-0.2, 0) is 28.6 Å². The molecule has 3 amide bonds. The van der Waals surface area contributed by atoms with Crippen molar-refractivity contribution in [2.75, 3.05) is 195 Å². The number of nitriles is 3. The second-order valence-corrected chi connectivity index (χ2v) is 35.1. The van der Waals surface area contributed by atoms with Crippen LogP contribution in [0.3, 0.4) is 0 Å². The Morgan fingerprint density at radius 3 is 1.05 bits per heavy atom. The number of piperazine rings is 3. The number of carbonyl (C=O) groups excluding carboxylic acids is 3. The number of ether oxygens (including phenoxy) is 7. The van der Waals surface area contributed by atoms with E-state index in [9.17, 15) is 62.3 Å². The predicted molar refractivity (Wildman–Crippen MR) is 499 cm³/mol. The predicted octanol–water partition coefficient (Wildman–Crippen LogP) is 9.76. The van der Waals surface area contributed by atoms with Gasteiger partial charge in [-0.3, -0.25) is 29.1 Å². The molecule has 6 aromatic carbocycles. The molecule has 39 heteroatoms. The molecule has 9 aromatic rings. The summed E-state index contributed by atoms with van der Waals surface area (Å²) < 4.78 is 110. The van der Waals surface area contributed by atoms with Crippen molar-refractivity contribution in [3.63, 3.8) is 0 Å². The number of nitrogens with one attached hydrogen (secondary N) is 3. The van der Waals surface area contributed by atoms with Crippen LogP contribution in [0.15, 0.2) is 146 Å². The second-order valence-electron chi connectivity index (χ2n) is 35.1. The first kappa shape index (κ1) is 96.8. The summed E-state index contributed by atoms with van der Waals surface area (Å²) in [6.07, 6.45) is -3.75. The number of hydrogen-bond acceptors (Lipinski definition) is 31. The van der Waals surface area contributed by atoms with E-state index in [0.717, 1.165) is 116 Å². The highest BCUT2D eigenvalue weighted by Crippen LogP contribution is 2.39. The van der Waals surface area contributed by atoms with Crippen molar-refractivity contribution < 1.29 is 84.8 Å². The molecule has 137 heavy (non-hydrogen) atoms. The van der Waals surface area contributed by atoms with Crippen LogP contribution in [-0.4, -0.2) is 330 Å². The van der Waals surface area contributed by atoms with E-state index in [4.69, 9.17) is 38.3 Å². The number of aliphatic hydroxyl groups is 3. The van der Waals surface area contributed by atoms with Crippen LogP contribution in [0, 0.1) is 47.8 Å². The van der Waals surface area contributed by atoms with Crippen LogP contribution in [0.2, 0.25) is 0 Å². The summed E-state index contributed by atoms with van der Waals surface area (Å²) in [4.78, 5) is 80.9. The first-order valence-corrected chi connectivity index (χ1v) is 46.1. The number of piperidine rings is 3. The van der Waals surface area contributed by atoms with Crippen LogP contribution in [0.4, 0.5) is 73.5 Å². The highest BCUT2D eigenvalue weighted by molar-refractivity contribution is 5.81. The van der Waals surface area contributed by atoms with E-state index in [0.29, 0.717) is 88.4 Å². The van der Waals surface area contributed by atoms with Gasteiger partial charge in [0, 0.05) is 187 Å². The molecule has 0 aliphatic carbocycles. The SMILES string of the molecule is C[C@H](O)C(=O)N1CC[C@H](Oc2ccc(-c3nccc(Nc4ccc(N5CCN(C6COC6)CC5)c(OC(F)F)c4)n3)cc2C#N)[C@H](F)C1.Cc1cc(Nc2ccnc(-c3ccc(O[C@H]4CCN(C(=O)CO)C[C@H]4F)c(C#N)c3)n2)ccc1N1CCN(C2COC2)CC1.Cc1cc(Nc2ccnc(-c3ccc(O[C@H]4CCN(C(=O)[C@H](C)O)C[C@H]4F)c(C#N)c3)n2)ccc1N1CCN(C2COC2)CC1. The molecule has 720 valence electrons. The fourth-order valence-electron chi connectivity index (χ4n) is 18.0. The van der Waals surface area contributed by atoms with Crippen LogP contribution >= 0.6 is 0 Å². The molecule has 9 aliphatic rings. The zero-order valence-corrected chi connectivity index (χ0v) is 76.4. The molecule has 12 heterocycles. The van der Waals surface area contributed by atoms with E-state index in [1.165, 1.54) is 69.4 Å². The number of aryl methyl sites for hydroxylation is 2. The minimum Gasteiger partial charge on any atom is -0.486 e. The molecular formula is C98H110F5N21O13. The minimum absolute atomic E-state index is 0.0507. The van der Waals surface area contributed by atoms with Gasteiger partial charge in [-0.2, -0.15) is 24.6 Å². The normalized spacial score (nSPS) is 21.1. The number of rotatable bonds is 26. The van der Waals surface area contributed by atoms with Crippen molar-refractivity contribution in [1.82, 2.24) is 59.3 Å². The van der Waals surface area contributed by atoms with Crippen molar-refractivity contribution in [1.29, 1.82) is 15.8 Å². The van der Waals surface area contributed by atoms with Gasteiger partial charge < -0.3 is 93.8 Å². The Kier molecular flexibility index (Phi) is 31.6. The standard InChI is InChI=1S/C33H36F3N7O5.C33H38FN7O4.C32H36FN7O4/c1-20(44)32(45)43-9-7-28(25(34)17-43)47-27-5-2-21(14-22(27)16-37)31-38-8-6-30(40-31)39-23-3-4-26(29(15-23)48-33(35)36)42-12-10-41(11-13-42)24-18-46-19-24;1-21-15-25(4-5-28(21)40-13-11-39(12-14-40)26-19-44-20-26)37-31-7-9-36-32(38-31)23-3-6-29(24(16-23)17-35)45-30-8-10-41(18-27(30)34)33(43)22(2)42;1-21-14-24(3-4-27(21)39-12-10-38(11-13-39)25-19-43-20-25)36-30-6-8-35-32(37-30)22-2-5-28(23(15-22)16-34)44-29-7-9-40(17-26(29)33)31(42)18-41/h2-6,8,14-15,20,24-25,28,33,44H,7,9-13,17-19H2,1H3,(H,38,39,40);3-7,9,15-16,22,26-27,30,42H,8,10-14,18-20H2,1-2H3,(H,36,37,38);2-6,8,14-15,25-26,29,41H,7,9-13,17-20H2,1H3,(H,35,36,37)/t20-,25+,28-;22-,27+,30-;26-,29+/m001/s1. The molecule has 9 saturated heterocycles. The van der Waals surface area contributed by atoms with Crippen LogP contribution < -0.4 is 49.6 Å². The van der Waals surface area contributed by atoms with E-state index in [1.807, 2.05) is 4.90 Å². The lowest BCUT2D eigenvalue weighted by Gasteiger charge is -2.43. The molecule has 18 rings (SSSR count). The fraction of sp³-hybridized carbons (Fsp3) is 0.449. The van der Waals surface area contributed by atoms with Gasteiger partial charge in [0.05, 0.1) is 99.8 Å². The number of carbonyl (C=O) groups is 3. The monoisotopic (exact) mass is 1880 g/mol. The molecule has 0 unspecified atom stereocenters. The highest BCUT2D eigenvalue weighted by atomic mass is 19.3. The maximum absolute atomic E-state index is 14.9. The van der Waals surface area contributed by atoms with Gasteiger partial charge in [-0.15, -0.1) is 0 Å². The lowest BCUT2D eigenvalue weighted by Crippen LogP contribution is -2.56. The number of alkyl halides is 5. The van der Waals surface area contributed by atoms with Gasteiger partial charge in [0.1, 0.15) is 90.0 Å². The van der Waals surface area contributed by atoms with Crippen molar-refractivity contribution in [3.8, 4) is 75.4 Å². The van der Waals surface area contributed by atoms with Crippen LogP contribution in [0.25, 0.3) is 34.2 Å². The number of aliphatic hydroxyl groups excluding tert-OH is 3. The third-order valence-electron chi connectivity index (χ3n) is 25.9. The first-order chi connectivity index (χ1) is 66.4. The van der Waals surface area contributed by atoms with Crippen LogP contribution in [0.5, 0.6) is 23.0 Å². The van der Waals surface area contributed by atoms with E-state index < -0.39 is 80.0 Å². The molecule has 3 aromatic heterocycles. The van der Waals surface area contributed by atoms with Crippen LogP contribution in [0.1, 0.15) is 60.9 Å². The van der Waals surface area contributed by atoms with Gasteiger partial charge in [-0.25, -0.2) is 43.1 Å². The van der Waals surface area contributed by atoms with E-state index in [2.05, 4.69) is 139 Å². The third kappa shape index (κ3) is 23.9. The molecular weight excluding hydrogens is 1770 g/mol. The molecule has 8 atom stereocenters. The van der Waals surface area contributed by atoms with Gasteiger partial charge >= 0.3 is 6.61 Å². The zero-order chi connectivity index (χ0) is 95.9. The molecule has 9 aliphatic heterocycles. The van der Waals surface area contributed by atoms with Gasteiger partial charge in [0.25, 0.3) is 11.8 Å². The number of amides is 3. The molecule has 34 nitrogen and oxygen atoms in total. The number of nitrogens with zero attached hydrogens (tertiary/aromatic N) is 18. The first-order valence-electron chi connectivity index (χ1n) is 46.1. The van der Waals surface area contributed by atoms with Crippen molar-refractivity contribution in [3.05, 3.63) is 174 Å². The molecule has 0 bridgehead atoms. The van der Waals surface area contributed by atoms with Gasteiger partial charge in [-0.05, 0) is 160 Å². The Labute approximate surface area is 790 Å². The number of benzene rings is 6. The topological polar surface area (TPSA) is 390 Å². The Morgan fingerprint density at radius 2 is 0.752 bits per heavy atom. The van der Waals surface area contributed by atoms with Gasteiger partial charge in [0.15, 0.2) is 41.7 Å². The summed E-state index contributed by atoms with van der Waals surface area (Å²) >= 11 is 0. The maximum Gasteiger partial charge on any atom is 0.387 e. The largest absolute Gasteiger partial charge is 0.486 e. The smallest absolute Gasteiger partial charge is 0.387 e. The Morgan fingerprint density at radius 1 is 0.431 bits per heavy atom. The Hall–Kier alpha value is -13.3. The number of aromatic nitrogens is 6. The second kappa shape index (κ2) is 44.7. The lowest BCUT2D eigenvalue weighted by molar-refractivity contribution is -0.143. The summed E-state index contributed by atoms with van der Waals surface area (Å²) in [5, 5.41) is 67.4. The third-order valence-corrected chi connectivity index (χ3v) is 25.9. The van der Waals surface area contributed by atoms with Crippen molar-refractivity contribution >= 4 is 69.3 Å². The molecule has 6 N–H and O–H groups in total. The number of likely N-dealkylation sites (tertiary alicyclic amines) is 3. The Balaban J connectivity index is 0.000000149. The average molecular weight is 1890 g/mol. The number of halogens is 5. The van der Waals surface area contributed by atoms with E-state index >= 15 is 0 Å². The summed E-state index contributed by atoms with van der Waals surface area (Å²) in [6, 6.07) is 45.5. The van der Waals surface area contributed by atoms with Gasteiger partial charge in [0.2, 0.25) is 5.91 Å². The number of anilines is 9.